The smallest absolute Gasteiger partial charge is 0.308 e. The zero-order chi connectivity index (χ0) is 59.6. The molecule has 0 aliphatic carbocycles. The minimum atomic E-state index is -5.19. The number of alkyl halides is 12. The van der Waals surface area contributed by atoms with E-state index in [1.807, 2.05) is 18.2 Å². The van der Waals surface area contributed by atoms with E-state index in [0.717, 1.165) is 4.90 Å². The number of benzene rings is 10. The van der Waals surface area contributed by atoms with Crippen molar-refractivity contribution in [2.45, 2.75) is 24.7 Å². The number of hydrogen-bond acceptors (Lipinski definition) is 3. The van der Waals surface area contributed by atoms with Gasteiger partial charge in [0.25, 0.3) is 11.8 Å². The van der Waals surface area contributed by atoms with E-state index in [1.165, 1.54) is 42.5 Å². The summed E-state index contributed by atoms with van der Waals surface area (Å²) in [5.41, 5.74) is -4.40. The number of aromatic nitrogens is 2. The number of nitriles is 1. The van der Waals surface area contributed by atoms with Crippen LogP contribution in [0.2, 0.25) is 0 Å². The van der Waals surface area contributed by atoms with E-state index in [-0.39, 0.29) is 79.2 Å². The molecular weight excluding hydrogens is 1120 g/mol. The highest BCUT2D eigenvalue weighted by atomic mass is 19.4. The molecule has 3 heterocycles. The number of halogens is 12. The van der Waals surface area contributed by atoms with E-state index in [4.69, 9.17) is 0 Å². The summed E-state index contributed by atoms with van der Waals surface area (Å²) >= 11 is 0. The van der Waals surface area contributed by atoms with E-state index in [9.17, 15) is 62.7 Å². The molecule has 0 unspecified atom stereocenters. The third-order valence-corrected chi connectivity index (χ3v) is 15.3. The summed E-state index contributed by atoms with van der Waals surface area (Å²) in [4.78, 5) is 31.1. The second kappa shape index (κ2) is 19.3. The summed E-state index contributed by atoms with van der Waals surface area (Å²) in [6.07, 6.45) is -20.8. The number of carbonyl (C=O) groups is 2. The van der Waals surface area contributed by atoms with Gasteiger partial charge in [0.15, 0.2) is 0 Å². The number of nitrogens with zero attached hydrogens (tertiary/aromatic N) is 4. The Morgan fingerprint density at radius 2 is 0.729 bits per heavy atom. The number of carbonyl (C=O) groups excluding carboxylic acids is 2. The molecule has 0 atom stereocenters. The maximum Gasteiger partial charge on any atom is 0.416 e. The normalized spacial score (nSPS) is 13.2. The van der Waals surface area contributed by atoms with E-state index >= 15 is 4.79 Å². The largest absolute Gasteiger partial charge is 0.416 e. The van der Waals surface area contributed by atoms with Gasteiger partial charge in [-0.3, -0.25) is 9.59 Å². The lowest BCUT2D eigenvalue weighted by Crippen LogP contribution is -2.30. The first-order valence-corrected chi connectivity index (χ1v) is 25.9. The third-order valence-electron chi connectivity index (χ3n) is 15.3. The van der Waals surface area contributed by atoms with Gasteiger partial charge in [-0.2, -0.15) is 57.9 Å². The number of rotatable bonds is 7. The third kappa shape index (κ3) is 9.01. The fraction of sp³-hybridized carbons (Fsp3) is 0.0597. The first-order valence-electron chi connectivity index (χ1n) is 25.9. The molecule has 12 aromatic rings. The second-order valence-electron chi connectivity index (χ2n) is 20.3. The van der Waals surface area contributed by atoms with Crippen LogP contribution in [0.15, 0.2) is 206 Å². The average molecular weight is 1160 g/mol. The molecule has 1 aliphatic rings. The molecule has 0 spiro atoms. The fourth-order valence-electron chi connectivity index (χ4n) is 11.6. The minimum absolute atomic E-state index is 0.000498. The van der Waals surface area contributed by atoms with Crippen molar-refractivity contribution >= 4 is 61.1 Å². The minimum Gasteiger partial charge on any atom is -0.308 e. The zero-order valence-electron chi connectivity index (χ0n) is 43.3. The van der Waals surface area contributed by atoms with Crippen molar-refractivity contribution in [3.63, 3.8) is 0 Å². The van der Waals surface area contributed by atoms with Crippen molar-refractivity contribution in [2.24, 2.45) is 0 Å². The average Bonchev–Trinajstić information content (AvgIpc) is 1.69. The Hall–Kier alpha value is -10.4. The van der Waals surface area contributed by atoms with Crippen LogP contribution in [0.1, 0.15) is 48.5 Å². The van der Waals surface area contributed by atoms with Crippen LogP contribution in [-0.2, 0) is 24.7 Å². The molecule has 0 fully saturated rings. The highest BCUT2D eigenvalue weighted by Gasteiger charge is 2.42. The molecular formula is C67H34F12N4O2. The van der Waals surface area contributed by atoms with Crippen molar-refractivity contribution in [3.05, 3.63) is 245 Å². The van der Waals surface area contributed by atoms with E-state index in [2.05, 4.69) is 6.07 Å². The van der Waals surface area contributed by atoms with Crippen LogP contribution >= 0.6 is 0 Å². The van der Waals surface area contributed by atoms with Gasteiger partial charge < -0.3 is 9.13 Å². The van der Waals surface area contributed by atoms with Crippen LogP contribution < -0.4 is 4.90 Å². The van der Waals surface area contributed by atoms with Gasteiger partial charge in [0.2, 0.25) is 0 Å². The molecule has 13 rings (SSSR count). The van der Waals surface area contributed by atoms with Crippen LogP contribution in [0.25, 0.3) is 99.5 Å². The Kier molecular flexibility index (Phi) is 12.3. The molecule has 18 heteroatoms. The number of hydrogen-bond donors (Lipinski definition) is 0. The summed E-state index contributed by atoms with van der Waals surface area (Å²) in [6, 6.07) is 50.4. The van der Waals surface area contributed by atoms with Crippen LogP contribution in [0.5, 0.6) is 0 Å². The van der Waals surface area contributed by atoms with E-state index < -0.39 is 69.9 Å². The number of anilines is 1. The molecule has 2 amide bonds. The first kappa shape index (κ1) is 53.9. The summed E-state index contributed by atoms with van der Waals surface area (Å²) in [5, 5.41) is 13.7. The van der Waals surface area contributed by atoms with Crippen molar-refractivity contribution in [2.75, 3.05) is 4.90 Å². The molecule has 0 bridgehead atoms. The maximum absolute atomic E-state index is 15.3. The molecule has 0 N–H and O–H groups in total. The van der Waals surface area contributed by atoms with Crippen molar-refractivity contribution in [3.8, 4) is 62.0 Å². The van der Waals surface area contributed by atoms with Crippen molar-refractivity contribution in [1.82, 2.24) is 9.13 Å². The van der Waals surface area contributed by atoms with Crippen LogP contribution in [0.4, 0.5) is 58.4 Å². The molecule has 418 valence electrons. The lowest BCUT2D eigenvalue weighted by Gasteiger charge is -2.20. The van der Waals surface area contributed by atoms with Gasteiger partial charge in [0, 0.05) is 27.1 Å². The Morgan fingerprint density at radius 1 is 0.318 bits per heavy atom. The molecule has 0 saturated carbocycles. The maximum atomic E-state index is 15.3. The molecule has 0 radical (unpaired) electrons. The Morgan fingerprint density at radius 3 is 1.20 bits per heavy atom. The number of imide groups is 1. The van der Waals surface area contributed by atoms with Crippen LogP contribution in [0, 0.1) is 11.3 Å². The van der Waals surface area contributed by atoms with E-state index in [0.29, 0.717) is 68.0 Å². The Balaban J connectivity index is 1.12. The van der Waals surface area contributed by atoms with E-state index in [1.54, 1.807) is 118 Å². The standard InChI is InChI=1S/C67H34F12N4O2/c68-64(69,70)42-25-39(26-43(33-42)65(71,72)73)37-21-23-50-48-14-5-8-19-55(48)81(57(50)29-37)59-31-41(47-16-10-17-52-61(47)63(85)83(62(52)84)54-18-7-4-13-46(54)36-11-2-1-3-12-36)32-60(53(59)35-80)82-56-20-9-6-15-49(56)51-24-22-38(30-58(51)82)40-27-44(66(74,75)76)34-45(28-40)67(77,78)79/h1-34H. The Bertz CT molecular complexity index is 4570. The topological polar surface area (TPSA) is 71.0 Å². The molecule has 85 heavy (non-hydrogen) atoms. The second-order valence-corrected chi connectivity index (χ2v) is 20.3. The molecule has 10 aromatic carbocycles. The highest BCUT2D eigenvalue weighted by Crippen LogP contribution is 2.47. The number of para-hydroxylation sites is 3. The molecule has 6 nitrogen and oxygen atoms in total. The monoisotopic (exact) mass is 1150 g/mol. The highest BCUT2D eigenvalue weighted by molar-refractivity contribution is 6.37. The molecule has 0 saturated heterocycles. The van der Waals surface area contributed by atoms with Gasteiger partial charge in [0.1, 0.15) is 11.6 Å². The first-order chi connectivity index (χ1) is 40.5. The van der Waals surface area contributed by atoms with Gasteiger partial charge >= 0.3 is 24.7 Å². The van der Waals surface area contributed by atoms with Gasteiger partial charge in [-0.25, -0.2) is 4.90 Å². The number of amides is 2. The predicted octanol–water partition coefficient (Wildman–Crippen LogP) is 19.3. The Labute approximate surface area is 472 Å². The summed E-state index contributed by atoms with van der Waals surface area (Å²) in [6.45, 7) is 0. The fourth-order valence-corrected chi connectivity index (χ4v) is 11.6. The van der Waals surface area contributed by atoms with Gasteiger partial charge in [-0.15, -0.1) is 0 Å². The predicted molar refractivity (Wildman–Crippen MR) is 299 cm³/mol. The number of fused-ring (bicyclic) bond motifs is 7. The van der Waals surface area contributed by atoms with Gasteiger partial charge in [-0.1, -0.05) is 121 Å². The summed E-state index contributed by atoms with van der Waals surface area (Å²) in [7, 11) is 0. The SMILES string of the molecule is N#Cc1c(-n2c3ccccc3c3ccc(-c4cc(C(F)(F)F)cc(C(F)(F)F)c4)cc32)cc(-c2cccc3c2C(=O)N(c2ccccc2-c2ccccc2)C3=O)cc1-n1c2ccccc2c2ccc(-c3cc(C(F)(F)F)cc(C(F)(F)F)c3)cc21. The lowest BCUT2D eigenvalue weighted by molar-refractivity contribution is -0.144. The quantitative estimate of drug-likeness (QED) is 0.118. The molecule has 1 aliphatic heterocycles. The zero-order valence-corrected chi connectivity index (χ0v) is 43.3. The summed E-state index contributed by atoms with van der Waals surface area (Å²) < 4.78 is 176. The summed E-state index contributed by atoms with van der Waals surface area (Å²) in [5.74, 6) is -1.40. The van der Waals surface area contributed by atoms with Crippen molar-refractivity contribution in [1.29, 1.82) is 5.26 Å². The van der Waals surface area contributed by atoms with Crippen molar-refractivity contribution < 1.29 is 62.3 Å². The van der Waals surface area contributed by atoms with Crippen LogP contribution in [0.3, 0.4) is 0 Å². The van der Waals surface area contributed by atoms with Crippen LogP contribution in [-0.4, -0.2) is 20.9 Å². The molecule has 2 aromatic heterocycles. The van der Waals surface area contributed by atoms with Gasteiger partial charge in [-0.05, 0) is 124 Å². The van der Waals surface area contributed by atoms with Gasteiger partial charge in [0.05, 0.1) is 72.5 Å². The lowest BCUT2D eigenvalue weighted by atomic mass is 9.94.